The Morgan fingerprint density at radius 3 is 2.15 bits per heavy atom. The third-order valence-corrected chi connectivity index (χ3v) is 3.74. The van der Waals surface area contributed by atoms with E-state index in [-0.39, 0.29) is 5.75 Å². The van der Waals surface area contributed by atoms with Crippen LogP contribution in [0.2, 0.25) is 0 Å². The fourth-order valence-electron chi connectivity index (χ4n) is 2.38. The van der Waals surface area contributed by atoms with Gasteiger partial charge < -0.3 is 5.11 Å². The first-order chi connectivity index (χ1) is 12.4. The Morgan fingerprint density at radius 1 is 0.846 bits per heavy atom. The van der Waals surface area contributed by atoms with Gasteiger partial charge in [0.15, 0.2) is 0 Å². The predicted octanol–water partition coefficient (Wildman–Crippen LogP) is 5.52. The molecule has 0 saturated heterocycles. The third-order valence-electron chi connectivity index (χ3n) is 3.74. The molecule has 0 unspecified atom stereocenters. The lowest BCUT2D eigenvalue weighted by Crippen LogP contribution is -2.04. The molecule has 2 N–H and O–H groups in total. The van der Waals surface area contributed by atoms with Crippen LogP contribution in [-0.2, 0) is 6.18 Å². The Balaban J connectivity index is 1.81. The summed E-state index contributed by atoms with van der Waals surface area (Å²) in [6.07, 6.45) is -2.91. The fraction of sp³-hybridized carbons (Fsp3) is 0.0500. The number of rotatable bonds is 4. The first-order valence-corrected chi connectivity index (χ1v) is 7.78. The van der Waals surface area contributed by atoms with Crippen LogP contribution in [0.1, 0.15) is 11.1 Å². The summed E-state index contributed by atoms with van der Waals surface area (Å²) in [5, 5.41) is 14.0. The van der Waals surface area contributed by atoms with Crippen molar-refractivity contribution in [1.82, 2.24) is 0 Å². The van der Waals surface area contributed by atoms with E-state index in [1.807, 2.05) is 30.3 Å². The van der Waals surface area contributed by atoms with Gasteiger partial charge in [-0.2, -0.15) is 18.3 Å². The molecule has 0 heterocycles. The monoisotopic (exact) mass is 356 g/mol. The third kappa shape index (κ3) is 4.22. The summed E-state index contributed by atoms with van der Waals surface area (Å²) in [6.45, 7) is 0. The summed E-state index contributed by atoms with van der Waals surface area (Å²) >= 11 is 0. The average molecular weight is 356 g/mol. The number of hydrazone groups is 1. The van der Waals surface area contributed by atoms with Crippen molar-refractivity contribution < 1.29 is 18.3 Å². The van der Waals surface area contributed by atoms with Crippen molar-refractivity contribution in [2.24, 2.45) is 5.10 Å². The Kier molecular flexibility index (Phi) is 4.93. The molecule has 0 bridgehead atoms. The highest BCUT2D eigenvalue weighted by Crippen LogP contribution is 2.31. The van der Waals surface area contributed by atoms with Gasteiger partial charge in [-0.05, 0) is 47.5 Å². The zero-order valence-electron chi connectivity index (χ0n) is 13.5. The van der Waals surface area contributed by atoms with Crippen LogP contribution < -0.4 is 5.43 Å². The van der Waals surface area contributed by atoms with E-state index in [9.17, 15) is 18.3 Å². The van der Waals surface area contributed by atoms with Crippen LogP contribution >= 0.6 is 0 Å². The van der Waals surface area contributed by atoms with E-state index in [1.54, 1.807) is 12.1 Å². The lowest BCUT2D eigenvalue weighted by atomic mass is 10.0. The highest BCUT2D eigenvalue weighted by Gasteiger charge is 2.29. The maximum Gasteiger partial charge on any atom is 0.416 e. The molecule has 0 amide bonds. The normalized spacial score (nSPS) is 11.7. The van der Waals surface area contributed by atoms with Crippen LogP contribution in [0.3, 0.4) is 0 Å². The van der Waals surface area contributed by atoms with Crippen LogP contribution in [0.15, 0.2) is 77.9 Å². The van der Waals surface area contributed by atoms with Crippen molar-refractivity contribution in [1.29, 1.82) is 0 Å². The number of para-hydroxylation sites is 1. The number of nitrogens with zero attached hydrogens (tertiary/aromatic N) is 1. The van der Waals surface area contributed by atoms with Crippen molar-refractivity contribution in [3.8, 4) is 16.9 Å². The van der Waals surface area contributed by atoms with Gasteiger partial charge in [0, 0.05) is 5.56 Å². The van der Waals surface area contributed by atoms with E-state index in [2.05, 4.69) is 10.5 Å². The SMILES string of the molecule is Oc1ccc(-c2ccc(C(F)(F)F)cc2)cc1C=NNc1ccccc1. The van der Waals surface area contributed by atoms with Gasteiger partial charge in [0.05, 0.1) is 17.5 Å². The maximum absolute atomic E-state index is 12.7. The second-order valence-corrected chi connectivity index (χ2v) is 5.58. The molecular formula is C20H15F3N2O. The molecule has 132 valence electrons. The van der Waals surface area contributed by atoms with Crippen LogP contribution in [0.25, 0.3) is 11.1 Å². The summed E-state index contributed by atoms with van der Waals surface area (Å²) in [7, 11) is 0. The first kappa shape index (κ1) is 17.5. The molecule has 0 saturated carbocycles. The zero-order chi connectivity index (χ0) is 18.6. The number of benzene rings is 3. The number of halogens is 3. The summed E-state index contributed by atoms with van der Waals surface area (Å²) in [5.74, 6) is 0.0271. The highest BCUT2D eigenvalue weighted by molar-refractivity contribution is 5.86. The number of hydrogen-bond donors (Lipinski definition) is 2. The van der Waals surface area contributed by atoms with E-state index < -0.39 is 11.7 Å². The Bertz CT molecular complexity index is 905. The van der Waals surface area contributed by atoms with Gasteiger partial charge in [0.1, 0.15) is 5.75 Å². The fourth-order valence-corrected chi connectivity index (χ4v) is 2.38. The number of nitrogens with one attached hydrogen (secondary N) is 1. The average Bonchev–Trinajstić information content (AvgIpc) is 2.63. The van der Waals surface area contributed by atoms with E-state index in [0.29, 0.717) is 16.7 Å². The molecule has 0 radical (unpaired) electrons. The van der Waals surface area contributed by atoms with Crippen molar-refractivity contribution in [2.75, 3.05) is 5.43 Å². The van der Waals surface area contributed by atoms with Gasteiger partial charge in [-0.15, -0.1) is 0 Å². The molecule has 6 heteroatoms. The molecule has 26 heavy (non-hydrogen) atoms. The molecular weight excluding hydrogens is 341 g/mol. The molecule has 0 aliphatic heterocycles. The molecule has 3 aromatic carbocycles. The smallest absolute Gasteiger partial charge is 0.416 e. The lowest BCUT2D eigenvalue weighted by molar-refractivity contribution is -0.137. The van der Waals surface area contributed by atoms with Crippen LogP contribution in [0.4, 0.5) is 18.9 Å². The second-order valence-electron chi connectivity index (χ2n) is 5.58. The number of alkyl halides is 3. The molecule has 0 aliphatic rings. The maximum atomic E-state index is 12.7. The van der Waals surface area contributed by atoms with Crippen molar-refractivity contribution in [3.63, 3.8) is 0 Å². The van der Waals surface area contributed by atoms with Gasteiger partial charge >= 0.3 is 6.18 Å². The van der Waals surface area contributed by atoms with Crippen molar-refractivity contribution >= 4 is 11.9 Å². The van der Waals surface area contributed by atoms with Gasteiger partial charge in [0.2, 0.25) is 0 Å². The second kappa shape index (κ2) is 7.31. The quantitative estimate of drug-likeness (QED) is 0.477. The first-order valence-electron chi connectivity index (χ1n) is 7.78. The van der Waals surface area contributed by atoms with Gasteiger partial charge in [0.25, 0.3) is 0 Å². The van der Waals surface area contributed by atoms with Gasteiger partial charge in [-0.25, -0.2) is 0 Å². The van der Waals surface area contributed by atoms with E-state index >= 15 is 0 Å². The summed E-state index contributed by atoms with van der Waals surface area (Å²) in [6, 6.07) is 18.9. The Morgan fingerprint density at radius 2 is 1.50 bits per heavy atom. The van der Waals surface area contributed by atoms with Gasteiger partial charge in [-0.3, -0.25) is 5.43 Å². The van der Waals surface area contributed by atoms with Crippen LogP contribution in [0.5, 0.6) is 5.75 Å². The lowest BCUT2D eigenvalue weighted by Gasteiger charge is -2.09. The van der Waals surface area contributed by atoms with Gasteiger partial charge in [-0.1, -0.05) is 36.4 Å². The molecule has 3 rings (SSSR count). The minimum atomic E-state index is -4.37. The van der Waals surface area contributed by atoms with E-state index in [4.69, 9.17) is 0 Å². The Hall–Kier alpha value is -3.28. The van der Waals surface area contributed by atoms with Crippen molar-refractivity contribution in [2.45, 2.75) is 6.18 Å². The molecule has 0 spiro atoms. The number of anilines is 1. The number of aromatic hydroxyl groups is 1. The molecule has 0 aliphatic carbocycles. The zero-order valence-corrected chi connectivity index (χ0v) is 13.5. The van der Waals surface area contributed by atoms with E-state index in [0.717, 1.165) is 17.8 Å². The number of hydrogen-bond acceptors (Lipinski definition) is 3. The minimum absolute atomic E-state index is 0.0271. The Labute approximate surface area is 148 Å². The minimum Gasteiger partial charge on any atom is -0.507 e. The van der Waals surface area contributed by atoms with Crippen LogP contribution in [-0.4, -0.2) is 11.3 Å². The number of phenolic OH excluding ortho intramolecular Hbond substituents is 1. The number of phenols is 1. The molecule has 0 aromatic heterocycles. The topological polar surface area (TPSA) is 44.6 Å². The molecule has 0 fully saturated rings. The molecule has 0 atom stereocenters. The highest BCUT2D eigenvalue weighted by atomic mass is 19.4. The van der Waals surface area contributed by atoms with Crippen molar-refractivity contribution in [3.05, 3.63) is 83.9 Å². The molecule has 3 aromatic rings. The summed E-state index contributed by atoms with van der Waals surface area (Å²) < 4.78 is 38.0. The predicted molar refractivity (Wildman–Crippen MR) is 96.2 cm³/mol. The standard InChI is InChI=1S/C20H15F3N2O/c21-20(22,23)17-9-6-14(7-10-17)15-8-11-19(26)16(12-15)13-24-25-18-4-2-1-3-5-18/h1-13,25-26H. The largest absolute Gasteiger partial charge is 0.507 e. The van der Waals surface area contributed by atoms with Crippen LogP contribution in [0, 0.1) is 0 Å². The summed E-state index contributed by atoms with van der Waals surface area (Å²) in [5.41, 5.74) is 4.67. The molecule has 3 nitrogen and oxygen atoms in total. The van der Waals surface area contributed by atoms with E-state index in [1.165, 1.54) is 24.4 Å². The summed E-state index contributed by atoms with van der Waals surface area (Å²) in [4.78, 5) is 0.